The number of rotatable bonds is 5. The highest BCUT2D eigenvalue weighted by Crippen LogP contribution is 2.40. The van der Waals surface area contributed by atoms with E-state index in [4.69, 9.17) is 15.3 Å². The molecule has 1 atom stereocenters. The standard InChI is InChI=1S/C14H22N2O2/c1-3-10(4-2)13(16-15)11-6-5-7-12-14(11)18-9-8-17-12/h5-7,10,13,16H,3-4,8-9,15H2,1-2H3. The third-order valence-corrected chi connectivity index (χ3v) is 3.63. The second-order valence-corrected chi connectivity index (χ2v) is 4.59. The van der Waals surface area contributed by atoms with Gasteiger partial charge in [-0.2, -0.15) is 0 Å². The van der Waals surface area contributed by atoms with Gasteiger partial charge in [0.05, 0.1) is 6.04 Å². The van der Waals surface area contributed by atoms with Gasteiger partial charge in [-0.1, -0.05) is 38.8 Å². The smallest absolute Gasteiger partial charge is 0.166 e. The molecule has 1 aliphatic rings. The van der Waals surface area contributed by atoms with E-state index in [1.54, 1.807) is 0 Å². The molecule has 0 spiro atoms. The number of nitrogens with one attached hydrogen (secondary N) is 1. The Hall–Kier alpha value is -1.26. The number of nitrogens with two attached hydrogens (primary N) is 1. The Kier molecular flexibility index (Phi) is 4.44. The van der Waals surface area contributed by atoms with E-state index in [1.807, 2.05) is 12.1 Å². The summed E-state index contributed by atoms with van der Waals surface area (Å²) in [5.74, 6) is 7.91. The summed E-state index contributed by atoms with van der Waals surface area (Å²) in [5, 5.41) is 0. The van der Waals surface area contributed by atoms with Crippen LogP contribution in [0.5, 0.6) is 11.5 Å². The molecular weight excluding hydrogens is 228 g/mol. The van der Waals surface area contributed by atoms with Crippen LogP contribution in [0.15, 0.2) is 18.2 Å². The van der Waals surface area contributed by atoms with Crippen molar-refractivity contribution in [2.45, 2.75) is 32.7 Å². The third kappa shape index (κ3) is 2.44. The molecule has 0 aromatic heterocycles. The lowest BCUT2D eigenvalue weighted by Gasteiger charge is -2.29. The van der Waals surface area contributed by atoms with Crippen molar-refractivity contribution in [1.29, 1.82) is 0 Å². The van der Waals surface area contributed by atoms with Gasteiger partial charge < -0.3 is 9.47 Å². The van der Waals surface area contributed by atoms with Crippen molar-refractivity contribution in [3.63, 3.8) is 0 Å². The number of ether oxygens (including phenoxy) is 2. The van der Waals surface area contributed by atoms with Gasteiger partial charge in [0.15, 0.2) is 11.5 Å². The Morgan fingerprint density at radius 1 is 1.22 bits per heavy atom. The molecule has 4 nitrogen and oxygen atoms in total. The first-order valence-electron chi connectivity index (χ1n) is 6.66. The lowest BCUT2D eigenvalue weighted by atomic mass is 9.88. The van der Waals surface area contributed by atoms with Crippen LogP contribution in [0.3, 0.4) is 0 Å². The minimum absolute atomic E-state index is 0.108. The Morgan fingerprint density at radius 3 is 2.61 bits per heavy atom. The molecule has 0 fully saturated rings. The third-order valence-electron chi connectivity index (χ3n) is 3.63. The van der Waals surface area contributed by atoms with Crippen LogP contribution in [0.2, 0.25) is 0 Å². The molecule has 0 saturated carbocycles. The van der Waals surface area contributed by atoms with Gasteiger partial charge in [-0.3, -0.25) is 11.3 Å². The highest BCUT2D eigenvalue weighted by atomic mass is 16.6. The molecule has 1 aromatic carbocycles. The molecule has 1 aromatic rings. The van der Waals surface area contributed by atoms with E-state index < -0.39 is 0 Å². The monoisotopic (exact) mass is 250 g/mol. The Bertz CT molecular complexity index is 391. The van der Waals surface area contributed by atoms with Crippen LogP contribution in [0.25, 0.3) is 0 Å². The van der Waals surface area contributed by atoms with Crippen LogP contribution in [0.1, 0.15) is 38.3 Å². The SMILES string of the molecule is CCC(CC)C(NN)c1cccc2c1OCCO2. The Balaban J connectivity index is 2.36. The van der Waals surface area contributed by atoms with Crippen LogP contribution in [-0.4, -0.2) is 13.2 Å². The predicted octanol–water partition coefficient (Wildman–Crippen LogP) is 2.40. The maximum absolute atomic E-state index is 5.76. The van der Waals surface area contributed by atoms with Crippen molar-refractivity contribution in [1.82, 2.24) is 5.43 Å². The van der Waals surface area contributed by atoms with Gasteiger partial charge in [-0.15, -0.1) is 0 Å². The van der Waals surface area contributed by atoms with E-state index in [0.29, 0.717) is 19.1 Å². The number of benzene rings is 1. The van der Waals surface area contributed by atoms with E-state index in [-0.39, 0.29) is 6.04 Å². The molecule has 0 radical (unpaired) electrons. The molecule has 1 unspecified atom stereocenters. The van der Waals surface area contributed by atoms with Crippen molar-refractivity contribution in [3.8, 4) is 11.5 Å². The van der Waals surface area contributed by atoms with Gasteiger partial charge in [0.25, 0.3) is 0 Å². The van der Waals surface area contributed by atoms with Crippen molar-refractivity contribution >= 4 is 0 Å². The van der Waals surface area contributed by atoms with E-state index in [1.165, 1.54) is 0 Å². The Morgan fingerprint density at radius 2 is 1.94 bits per heavy atom. The van der Waals surface area contributed by atoms with Gasteiger partial charge in [0, 0.05) is 5.56 Å². The van der Waals surface area contributed by atoms with Crippen LogP contribution in [0.4, 0.5) is 0 Å². The zero-order chi connectivity index (χ0) is 13.0. The summed E-state index contributed by atoms with van der Waals surface area (Å²) in [4.78, 5) is 0. The Labute approximate surface area is 108 Å². The molecule has 0 aliphatic carbocycles. The minimum Gasteiger partial charge on any atom is -0.486 e. The summed E-state index contributed by atoms with van der Waals surface area (Å²) >= 11 is 0. The second-order valence-electron chi connectivity index (χ2n) is 4.59. The van der Waals surface area contributed by atoms with Crippen molar-refractivity contribution < 1.29 is 9.47 Å². The van der Waals surface area contributed by atoms with E-state index >= 15 is 0 Å². The fourth-order valence-electron chi connectivity index (χ4n) is 2.58. The zero-order valence-corrected chi connectivity index (χ0v) is 11.1. The van der Waals surface area contributed by atoms with E-state index in [2.05, 4.69) is 25.3 Å². The van der Waals surface area contributed by atoms with Crippen LogP contribution < -0.4 is 20.7 Å². The second kappa shape index (κ2) is 6.07. The van der Waals surface area contributed by atoms with Crippen molar-refractivity contribution in [2.24, 2.45) is 11.8 Å². The first kappa shape index (κ1) is 13.2. The maximum Gasteiger partial charge on any atom is 0.166 e. The number of fused-ring (bicyclic) bond motifs is 1. The molecule has 1 aliphatic heterocycles. The quantitative estimate of drug-likeness (QED) is 0.622. The molecule has 0 amide bonds. The van der Waals surface area contributed by atoms with Crippen LogP contribution in [0, 0.1) is 5.92 Å². The topological polar surface area (TPSA) is 56.5 Å². The van der Waals surface area contributed by atoms with Crippen LogP contribution >= 0.6 is 0 Å². The summed E-state index contributed by atoms with van der Waals surface area (Å²) in [7, 11) is 0. The lowest BCUT2D eigenvalue weighted by molar-refractivity contribution is 0.166. The van der Waals surface area contributed by atoms with Gasteiger partial charge in [0.2, 0.25) is 0 Å². The number of para-hydroxylation sites is 1. The van der Waals surface area contributed by atoms with Crippen molar-refractivity contribution in [3.05, 3.63) is 23.8 Å². The van der Waals surface area contributed by atoms with Gasteiger partial charge in [-0.05, 0) is 12.0 Å². The molecular formula is C14H22N2O2. The summed E-state index contributed by atoms with van der Waals surface area (Å²) < 4.78 is 11.4. The average Bonchev–Trinajstić information content (AvgIpc) is 2.44. The first-order valence-corrected chi connectivity index (χ1v) is 6.66. The first-order chi connectivity index (χ1) is 8.81. The van der Waals surface area contributed by atoms with E-state index in [9.17, 15) is 0 Å². The average molecular weight is 250 g/mol. The molecule has 1 heterocycles. The summed E-state index contributed by atoms with van der Waals surface area (Å²) in [6, 6.07) is 6.11. The number of hydrazine groups is 1. The fraction of sp³-hybridized carbons (Fsp3) is 0.571. The minimum atomic E-state index is 0.108. The highest BCUT2D eigenvalue weighted by Gasteiger charge is 2.25. The molecule has 18 heavy (non-hydrogen) atoms. The summed E-state index contributed by atoms with van der Waals surface area (Å²) in [5.41, 5.74) is 4.04. The largest absolute Gasteiger partial charge is 0.486 e. The molecule has 3 N–H and O–H groups in total. The number of hydrogen-bond donors (Lipinski definition) is 2. The van der Waals surface area contributed by atoms with Gasteiger partial charge in [0.1, 0.15) is 13.2 Å². The molecule has 0 saturated heterocycles. The fourth-order valence-corrected chi connectivity index (χ4v) is 2.58. The summed E-state index contributed by atoms with van der Waals surface area (Å²) in [6.07, 6.45) is 2.16. The van der Waals surface area contributed by atoms with Crippen molar-refractivity contribution in [2.75, 3.05) is 13.2 Å². The lowest BCUT2D eigenvalue weighted by Crippen LogP contribution is -2.34. The molecule has 100 valence electrons. The summed E-state index contributed by atoms with van der Waals surface area (Å²) in [6.45, 7) is 5.59. The van der Waals surface area contributed by atoms with Gasteiger partial charge in [-0.25, -0.2) is 0 Å². The molecule has 0 bridgehead atoms. The highest BCUT2D eigenvalue weighted by molar-refractivity contribution is 5.49. The van der Waals surface area contributed by atoms with Crippen LogP contribution in [-0.2, 0) is 0 Å². The predicted molar refractivity (Wildman–Crippen MR) is 71.6 cm³/mol. The van der Waals surface area contributed by atoms with E-state index in [0.717, 1.165) is 29.9 Å². The molecule has 4 heteroatoms. The zero-order valence-electron chi connectivity index (χ0n) is 11.1. The number of hydrogen-bond acceptors (Lipinski definition) is 4. The maximum atomic E-state index is 5.76. The molecule has 2 rings (SSSR count). The van der Waals surface area contributed by atoms with Gasteiger partial charge >= 0.3 is 0 Å². The normalized spacial score (nSPS) is 15.8.